The number of aryl methyl sites for hydroxylation is 3. The molecule has 2 aromatic carbocycles. The number of thiophene rings is 2. The van der Waals surface area contributed by atoms with Gasteiger partial charge in [0.1, 0.15) is 0 Å². The first kappa shape index (κ1) is 19.2. The van der Waals surface area contributed by atoms with Gasteiger partial charge in [0.25, 0.3) is 0 Å². The molecule has 2 heterocycles. The van der Waals surface area contributed by atoms with Gasteiger partial charge in [0.05, 0.1) is 5.57 Å². The molecule has 1 aliphatic carbocycles. The first-order valence-electron chi connectivity index (χ1n) is 9.99. The smallest absolute Gasteiger partial charge is 0.197 e. The highest BCUT2D eigenvalue weighted by Gasteiger charge is 2.33. The molecule has 5 rings (SSSR count). The summed E-state index contributed by atoms with van der Waals surface area (Å²) < 4.78 is 2.36. The van der Waals surface area contributed by atoms with Crippen LogP contribution < -0.4 is 0 Å². The number of rotatable bonds is 3. The van der Waals surface area contributed by atoms with Gasteiger partial charge in [0, 0.05) is 30.3 Å². The van der Waals surface area contributed by atoms with Crippen LogP contribution in [0.2, 0.25) is 0 Å². The molecule has 0 saturated heterocycles. The summed E-state index contributed by atoms with van der Waals surface area (Å²) in [7, 11) is 0. The molecule has 0 radical (unpaired) electrons. The van der Waals surface area contributed by atoms with Crippen LogP contribution in [0.3, 0.4) is 0 Å². The summed E-state index contributed by atoms with van der Waals surface area (Å²) in [4.78, 5) is 28.0. The van der Waals surface area contributed by atoms with Crippen LogP contribution in [0.4, 0.5) is 0 Å². The van der Waals surface area contributed by atoms with Gasteiger partial charge in [-0.3, -0.25) is 9.59 Å². The highest BCUT2D eigenvalue weighted by atomic mass is 32.1. The summed E-state index contributed by atoms with van der Waals surface area (Å²) in [6, 6.07) is 16.6. The molecule has 0 spiro atoms. The Hall–Kier alpha value is -2.82. The van der Waals surface area contributed by atoms with E-state index >= 15 is 0 Å². The van der Waals surface area contributed by atoms with Crippen molar-refractivity contribution in [3.05, 3.63) is 86.8 Å². The predicted octanol–water partition coefficient (Wildman–Crippen LogP) is 7.27. The van der Waals surface area contributed by atoms with Crippen LogP contribution in [0.25, 0.3) is 25.9 Å². The van der Waals surface area contributed by atoms with Gasteiger partial charge in [-0.2, -0.15) is 0 Å². The first-order valence-corrected chi connectivity index (χ1v) is 11.6. The van der Waals surface area contributed by atoms with E-state index in [9.17, 15) is 9.59 Å². The fourth-order valence-electron chi connectivity index (χ4n) is 3.96. The van der Waals surface area contributed by atoms with E-state index in [0.717, 1.165) is 22.4 Å². The molecular weight excluding hydrogens is 408 g/mol. The molecule has 0 atom stereocenters. The summed E-state index contributed by atoms with van der Waals surface area (Å²) >= 11 is 3.37. The monoisotopic (exact) mass is 428 g/mol. The highest BCUT2D eigenvalue weighted by molar-refractivity contribution is 7.29. The summed E-state index contributed by atoms with van der Waals surface area (Å²) in [6.07, 6.45) is 2.62. The number of hydrogen-bond acceptors (Lipinski definition) is 4. The molecule has 2 nitrogen and oxygen atoms in total. The molecule has 0 fully saturated rings. The molecule has 4 heteroatoms. The Labute approximate surface area is 183 Å². The minimum Gasteiger partial charge on any atom is -0.288 e. The van der Waals surface area contributed by atoms with Gasteiger partial charge in [-0.25, -0.2) is 0 Å². The summed E-state index contributed by atoms with van der Waals surface area (Å²) in [5.41, 5.74) is 6.03. The van der Waals surface area contributed by atoms with E-state index in [1.54, 1.807) is 28.7 Å². The fourth-order valence-corrected chi connectivity index (χ4v) is 6.32. The highest BCUT2D eigenvalue weighted by Crippen LogP contribution is 2.40. The lowest BCUT2D eigenvalue weighted by atomic mass is 9.99. The molecule has 0 unspecified atom stereocenters. The van der Waals surface area contributed by atoms with Crippen molar-refractivity contribution >= 4 is 49.7 Å². The van der Waals surface area contributed by atoms with Crippen LogP contribution >= 0.6 is 22.7 Å². The Balaban J connectivity index is 1.50. The Morgan fingerprint density at radius 3 is 2.17 bits per heavy atom. The maximum absolute atomic E-state index is 12.9. The fraction of sp³-hybridized carbons (Fsp3) is 0.154. The third-order valence-electron chi connectivity index (χ3n) is 5.68. The molecule has 0 saturated carbocycles. The zero-order valence-electron chi connectivity index (χ0n) is 17.0. The second kappa shape index (κ2) is 7.15. The molecule has 0 amide bonds. The predicted molar refractivity (Wildman–Crippen MR) is 127 cm³/mol. The largest absolute Gasteiger partial charge is 0.288 e. The number of Topliss-reactive ketones (excluding diaryl/α,β-unsaturated/α-hetero) is 2. The molecule has 0 N–H and O–H groups in total. The average molecular weight is 429 g/mol. The normalized spacial score (nSPS) is 14.8. The number of carbonyl (C=O) groups is 2. The van der Waals surface area contributed by atoms with Gasteiger partial charge < -0.3 is 0 Å². The minimum absolute atomic E-state index is 0.151. The van der Waals surface area contributed by atoms with Gasteiger partial charge in [-0.1, -0.05) is 36.8 Å². The van der Waals surface area contributed by atoms with E-state index in [2.05, 4.69) is 50.2 Å². The van der Waals surface area contributed by atoms with E-state index in [-0.39, 0.29) is 17.1 Å². The lowest BCUT2D eigenvalue weighted by molar-refractivity contribution is 0.0990. The topological polar surface area (TPSA) is 34.1 Å². The number of allylic oxidation sites excluding steroid dienone is 1. The number of fused-ring (bicyclic) bond motifs is 2. The Kier molecular flexibility index (Phi) is 4.57. The van der Waals surface area contributed by atoms with Crippen LogP contribution in [0, 0.1) is 13.8 Å². The van der Waals surface area contributed by atoms with Gasteiger partial charge in [0.15, 0.2) is 11.6 Å². The van der Waals surface area contributed by atoms with Crippen molar-refractivity contribution in [2.75, 3.05) is 0 Å². The first-order chi connectivity index (χ1) is 14.4. The van der Waals surface area contributed by atoms with Gasteiger partial charge in [-0.05, 0) is 67.3 Å². The van der Waals surface area contributed by atoms with Gasteiger partial charge in [-0.15, -0.1) is 22.7 Å². The maximum Gasteiger partial charge on any atom is 0.197 e. The van der Waals surface area contributed by atoms with E-state index in [4.69, 9.17) is 0 Å². The van der Waals surface area contributed by atoms with Crippen molar-refractivity contribution in [1.82, 2.24) is 0 Å². The summed E-state index contributed by atoms with van der Waals surface area (Å²) in [5, 5.41) is 0. The van der Waals surface area contributed by atoms with Crippen molar-refractivity contribution in [3.8, 4) is 10.4 Å². The molecular formula is C26H20O2S2. The summed E-state index contributed by atoms with van der Waals surface area (Å²) in [5.74, 6) is -0.306. The van der Waals surface area contributed by atoms with Crippen molar-refractivity contribution in [2.45, 2.75) is 27.2 Å². The molecule has 148 valence electrons. The molecule has 1 aliphatic rings. The Bertz CT molecular complexity index is 1330. The second-order valence-corrected chi connectivity index (χ2v) is 9.95. The number of benzene rings is 2. The molecule has 30 heavy (non-hydrogen) atoms. The number of hydrogen-bond donors (Lipinski definition) is 0. The van der Waals surface area contributed by atoms with Crippen molar-refractivity contribution in [2.24, 2.45) is 0 Å². The second-order valence-electron chi connectivity index (χ2n) is 7.75. The van der Waals surface area contributed by atoms with Crippen LogP contribution in [0.15, 0.2) is 54.1 Å². The lowest BCUT2D eigenvalue weighted by Gasteiger charge is -2.04. The lowest BCUT2D eigenvalue weighted by Crippen LogP contribution is -1.99. The third kappa shape index (κ3) is 3.08. The number of carbonyl (C=O) groups excluding carboxylic acids is 2. The molecule has 4 aromatic rings. The minimum atomic E-state index is -0.155. The molecule has 0 aliphatic heterocycles. The van der Waals surface area contributed by atoms with Crippen LogP contribution in [0.5, 0.6) is 0 Å². The van der Waals surface area contributed by atoms with E-state index in [1.807, 2.05) is 19.1 Å². The average Bonchev–Trinajstić information content (AvgIpc) is 3.35. The Morgan fingerprint density at radius 1 is 0.833 bits per heavy atom. The van der Waals surface area contributed by atoms with Crippen molar-refractivity contribution in [3.63, 3.8) is 0 Å². The van der Waals surface area contributed by atoms with E-state index in [0.29, 0.717) is 11.1 Å². The van der Waals surface area contributed by atoms with Crippen LogP contribution in [-0.4, -0.2) is 11.6 Å². The van der Waals surface area contributed by atoms with Gasteiger partial charge in [0.2, 0.25) is 0 Å². The van der Waals surface area contributed by atoms with Crippen molar-refractivity contribution < 1.29 is 9.59 Å². The van der Waals surface area contributed by atoms with E-state index < -0.39 is 0 Å². The van der Waals surface area contributed by atoms with Crippen molar-refractivity contribution in [1.29, 1.82) is 0 Å². The quantitative estimate of drug-likeness (QED) is 0.254. The SMILES string of the molecule is CCc1cc2c(cc1C)C(=O)/C(=C\c1cc3sc(-c4ccc(C)cc4)cc3s1)C2=O. The number of ketones is 2. The maximum atomic E-state index is 12.9. The Morgan fingerprint density at radius 2 is 1.50 bits per heavy atom. The third-order valence-corrected chi connectivity index (χ3v) is 7.97. The summed E-state index contributed by atoms with van der Waals surface area (Å²) in [6.45, 7) is 6.15. The zero-order valence-corrected chi connectivity index (χ0v) is 18.7. The van der Waals surface area contributed by atoms with Gasteiger partial charge >= 0.3 is 0 Å². The molecule has 2 aromatic heterocycles. The molecule has 0 bridgehead atoms. The van der Waals surface area contributed by atoms with Crippen LogP contribution in [0.1, 0.15) is 49.2 Å². The van der Waals surface area contributed by atoms with Crippen LogP contribution in [-0.2, 0) is 6.42 Å². The van der Waals surface area contributed by atoms with E-state index in [1.165, 1.54) is 25.4 Å². The standard InChI is InChI=1S/C26H20O2S2/c1-4-16-10-20-19(9-15(16)3)25(27)21(26(20)28)11-18-12-23-24(29-18)13-22(30-23)17-7-5-14(2)6-8-17/h5-13H,4H2,1-3H3/b21-11+. The zero-order chi connectivity index (χ0) is 21.0.